The van der Waals surface area contributed by atoms with Crippen molar-refractivity contribution in [1.82, 2.24) is 20.0 Å². The summed E-state index contributed by atoms with van der Waals surface area (Å²) < 4.78 is 8.08. The van der Waals surface area contributed by atoms with Gasteiger partial charge in [-0.05, 0) is 49.7 Å². The lowest BCUT2D eigenvalue weighted by Gasteiger charge is -2.33. The number of nitrogens with one attached hydrogen (secondary N) is 1. The summed E-state index contributed by atoms with van der Waals surface area (Å²) in [5.41, 5.74) is 3.91. The van der Waals surface area contributed by atoms with E-state index in [1.165, 1.54) is 29.5 Å². The molecular formula is C24H35N5O. The molecule has 1 aromatic carbocycles. The van der Waals surface area contributed by atoms with Crippen molar-refractivity contribution in [3.8, 4) is 0 Å². The Balaban J connectivity index is 1.32. The number of benzene rings is 1. The van der Waals surface area contributed by atoms with E-state index >= 15 is 0 Å². The fourth-order valence-electron chi connectivity index (χ4n) is 4.83. The number of aryl methyl sites for hydroxylation is 2. The average Bonchev–Trinajstić information content (AvgIpc) is 3.39. The molecule has 0 spiro atoms. The zero-order chi connectivity index (χ0) is 20.9. The van der Waals surface area contributed by atoms with Crippen molar-refractivity contribution in [1.29, 1.82) is 0 Å². The zero-order valence-electron chi connectivity index (χ0n) is 18.6. The number of aromatic nitrogens is 2. The zero-order valence-corrected chi connectivity index (χ0v) is 18.6. The van der Waals surface area contributed by atoms with Crippen LogP contribution >= 0.6 is 0 Å². The maximum Gasteiger partial charge on any atom is 0.193 e. The summed E-state index contributed by atoms with van der Waals surface area (Å²) in [5, 5.41) is 7.96. The highest BCUT2D eigenvalue weighted by Crippen LogP contribution is 2.33. The maximum absolute atomic E-state index is 6.19. The van der Waals surface area contributed by atoms with Crippen molar-refractivity contribution in [2.75, 3.05) is 33.3 Å². The second-order valence-electron chi connectivity index (χ2n) is 8.86. The predicted molar refractivity (Wildman–Crippen MR) is 121 cm³/mol. The monoisotopic (exact) mass is 409 g/mol. The van der Waals surface area contributed by atoms with Crippen LogP contribution in [0.25, 0.3) is 0 Å². The van der Waals surface area contributed by atoms with E-state index in [2.05, 4.69) is 57.7 Å². The molecule has 0 aliphatic carbocycles. The Kier molecular flexibility index (Phi) is 6.72. The quantitative estimate of drug-likeness (QED) is 0.608. The van der Waals surface area contributed by atoms with Crippen molar-refractivity contribution in [2.45, 2.75) is 38.7 Å². The molecule has 4 rings (SSSR count). The molecule has 1 aromatic heterocycles. The van der Waals surface area contributed by atoms with Gasteiger partial charge in [0.2, 0.25) is 0 Å². The van der Waals surface area contributed by atoms with E-state index < -0.39 is 0 Å². The van der Waals surface area contributed by atoms with Crippen LogP contribution in [0.4, 0.5) is 0 Å². The molecule has 0 saturated carbocycles. The minimum atomic E-state index is 0.168. The first-order valence-corrected chi connectivity index (χ1v) is 11.2. The van der Waals surface area contributed by atoms with Crippen LogP contribution in [0, 0.1) is 18.8 Å². The van der Waals surface area contributed by atoms with Crippen LogP contribution in [0.2, 0.25) is 0 Å². The number of ether oxygens (including phenoxy) is 1. The highest BCUT2D eigenvalue weighted by atomic mass is 16.5. The SMILES string of the molecule is CN=C(NCC1CCCOC1c1ccc(C)cc1)N1CCC(Cc2cnn(C)c2)C1. The number of likely N-dealkylation sites (tertiary alicyclic amines) is 1. The lowest BCUT2D eigenvalue weighted by atomic mass is 9.89. The van der Waals surface area contributed by atoms with Gasteiger partial charge in [0.05, 0.1) is 12.3 Å². The lowest BCUT2D eigenvalue weighted by molar-refractivity contribution is -0.0266. The van der Waals surface area contributed by atoms with Gasteiger partial charge in [0, 0.05) is 52.5 Å². The Morgan fingerprint density at radius 3 is 2.83 bits per heavy atom. The van der Waals surface area contributed by atoms with E-state index in [1.54, 1.807) is 0 Å². The minimum absolute atomic E-state index is 0.168. The highest BCUT2D eigenvalue weighted by Gasteiger charge is 2.29. The van der Waals surface area contributed by atoms with Gasteiger partial charge in [0.25, 0.3) is 0 Å². The third-order valence-electron chi connectivity index (χ3n) is 6.45. The van der Waals surface area contributed by atoms with Crippen molar-refractivity contribution in [2.24, 2.45) is 23.9 Å². The first kappa shape index (κ1) is 20.9. The van der Waals surface area contributed by atoms with E-state index in [1.807, 2.05) is 25.0 Å². The first-order chi connectivity index (χ1) is 14.6. The van der Waals surface area contributed by atoms with Gasteiger partial charge in [-0.25, -0.2) is 0 Å². The molecule has 3 atom stereocenters. The van der Waals surface area contributed by atoms with Crippen LogP contribution in [0.3, 0.4) is 0 Å². The van der Waals surface area contributed by atoms with Gasteiger partial charge in [0.15, 0.2) is 5.96 Å². The van der Waals surface area contributed by atoms with Crippen LogP contribution in [0.1, 0.15) is 42.1 Å². The number of guanidine groups is 1. The summed E-state index contributed by atoms with van der Waals surface area (Å²) in [6.45, 7) is 6.00. The van der Waals surface area contributed by atoms with Crippen LogP contribution in [-0.4, -0.2) is 53.9 Å². The summed E-state index contributed by atoms with van der Waals surface area (Å²) in [6, 6.07) is 8.81. The van der Waals surface area contributed by atoms with Gasteiger partial charge in [0.1, 0.15) is 0 Å². The molecule has 0 radical (unpaired) electrons. The van der Waals surface area contributed by atoms with Crippen LogP contribution < -0.4 is 5.32 Å². The highest BCUT2D eigenvalue weighted by molar-refractivity contribution is 5.80. The molecule has 0 amide bonds. The van der Waals surface area contributed by atoms with Gasteiger partial charge < -0.3 is 15.0 Å². The Morgan fingerprint density at radius 1 is 1.27 bits per heavy atom. The number of hydrogen-bond acceptors (Lipinski definition) is 3. The van der Waals surface area contributed by atoms with Gasteiger partial charge in [-0.1, -0.05) is 29.8 Å². The summed E-state index contributed by atoms with van der Waals surface area (Å²) in [7, 11) is 3.88. The molecule has 2 aliphatic heterocycles. The Labute approximate surface area is 180 Å². The van der Waals surface area contributed by atoms with Crippen molar-refractivity contribution in [3.63, 3.8) is 0 Å². The molecule has 162 valence electrons. The summed E-state index contributed by atoms with van der Waals surface area (Å²) in [4.78, 5) is 6.99. The lowest BCUT2D eigenvalue weighted by Crippen LogP contribution is -2.43. The molecule has 6 nitrogen and oxygen atoms in total. The van der Waals surface area contributed by atoms with Gasteiger partial charge >= 0.3 is 0 Å². The topological polar surface area (TPSA) is 54.7 Å². The van der Waals surface area contributed by atoms with E-state index in [0.717, 1.165) is 45.0 Å². The maximum atomic E-state index is 6.19. The molecule has 2 aromatic rings. The smallest absolute Gasteiger partial charge is 0.193 e. The number of aliphatic imine (C=N–C) groups is 1. The second-order valence-corrected chi connectivity index (χ2v) is 8.86. The summed E-state index contributed by atoms with van der Waals surface area (Å²) in [5.74, 6) is 2.15. The molecule has 2 fully saturated rings. The van der Waals surface area contributed by atoms with Crippen LogP contribution in [0.5, 0.6) is 0 Å². The third kappa shape index (κ3) is 5.04. The van der Waals surface area contributed by atoms with Crippen molar-refractivity contribution in [3.05, 3.63) is 53.3 Å². The third-order valence-corrected chi connectivity index (χ3v) is 6.45. The van der Waals surface area contributed by atoms with Crippen molar-refractivity contribution < 1.29 is 4.74 Å². The van der Waals surface area contributed by atoms with Crippen LogP contribution in [0.15, 0.2) is 41.7 Å². The Bertz CT molecular complexity index is 844. The Morgan fingerprint density at radius 2 is 2.10 bits per heavy atom. The molecular weight excluding hydrogens is 374 g/mol. The van der Waals surface area contributed by atoms with Gasteiger partial charge in [-0.15, -0.1) is 0 Å². The average molecular weight is 410 g/mol. The number of hydrogen-bond donors (Lipinski definition) is 1. The fourth-order valence-corrected chi connectivity index (χ4v) is 4.83. The molecule has 2 saturated heterocycles. The van der Waals surface area contributed by atoms with E-state index in [0.29, 0.717) is 11.8 Å². The minimum Gasteiger partial charge on any atom is -0.373 e. The number of rotatable bonds is 5. The van der Waals surface area contributed by atoms with Gasteiger partial charge in [-0.2, -0.15) is 5.10 Å². The molecule has 0 bridgehead atoms. The predicted octanol–water partition coefficient (Wildman–Crippen LogP) is 3.34. The molecule has 3 heterocycles. The fraction of sp³-hybridized carbons (Fsp3) is 0.583. The Hall–Kier alpha value is -2.34. The number of nitrogens with zero attached hydrogens (tertiary/aromatic N) is 4. The summed E-state index contributed by atoms with van der Waals surface area (Å²) in [6.07, 6.45) is 8.90. The standard InChI is InChI=1S/C24H35N5O/c1-18-6-8-21(9-7-18)23-22(5-4-12-30-23)15-26-24(25-2)29-11-10-19(17-29)13-20-14-27-28(3)16-20/h6-9,14,16,19,22-23H,4-5,10-13,15,17H2,1-3H3,(H,25,26). The van der Waals surface area contributed by atoms with Crippen molar-refractivity contribution >= 4 is 5.96 Å². The van der Waals surface area contributed by atoms with E-state index in [-0.39, 0.29) is 6.10 Å². The van der Waals surface area contributed by atoms with Gasteiger partial charge in [-0.3, -0.25) is 9.67 Å². The molecule has 1 N–H and O–H groups in total. The molecule has 2 aliphatic rings. The molecule has 6 heteroatoms. The molecule has 3 unspecified atom stereocenters. The van der Waals surface area contributed by atoms with E-state index in [4.69, 9.17) is 4.74 Å². The molecule has 30 heavy (non-hydrogen) atoms. The van der Waals surface area contributed by atoms with Crippen LogP contribution in [-0.2, 0) is 18.2 Å². The normalized spacial score (nSPS) is 25.0. The first-order valence-electron chi connectivity index (χ1n) is 11.2. The largest absolute Gasteiger partial charge is 0.373 e. The summed E-state index contributed by atoms with van der Waals surface area (Å²) >= 11 is 0. The second kappa shape index (κ2) is 9.65. The van der Waals surface area contributed by atoms with E-state index in [9.17, 15) is 0 Å².